The van der Waals surface area contributed by atoms with Crippen LogP contribution >= 0.6 is 0 Å². The summed E-state index contributed by atoms with van der Waals surface area (Å²) in [6.45, 7) is 7.25. The summed E-state index contributed by atoms with van der Waals surface area (Å²) < 4.78 is 5.33. The molecular formula is C14H21N3O2. The van der Waals surface area contributed by atoms with Gasteiger partial charge in [0.05, 0.1) is 13.2 Å². The normalized spacial score (nSPS) is 15.4. The minimum atomic E-state index is -0.172. The summed E-state index contributed by atoms with van der Waals surface area (Å²) in [4.78, 5) is 13.8. The zero-order valence-electron chi connectivity index (χ0n) is 11.5. The third-order valence-electron chi connectivity index (χ3n) is 2.92. The second-order valence-electron chi connectivity index (χ2n) is 4.90. The molecule has 0 saturated carbocycles. The second kappa shape index (κ2) is 6.43. The molecule has 0 atom stereocenters. The van der Waals surface area contributed by atoms with E-state index in [1.807, 2.05) is 38.1 Å². The molecule has 0 unspecified atom stereocenters. The van der Waals surface area contributed by atoms with Crippen molar-refractivity contribution in [1.29, 1.82) is 0 Å². The van der Waals surface area contributed by atoms with E-state index < -0.39 is 0 Å². The summed E-state index contributed by atoms with van der Waals surface area (Å²) in [5.74, 6) is 0. The van der Waals surface area contributed by atoms with Gasteiger partial charge in [0.15, 0.2) is 0 Å². The predicted octanol–water partition coefficient (Wildman–Crippen LogP) is 2.05. The van der Waals surface area contributed by atoms with Crippen molar-refractivity contribution in [3.05, 3.63) is 24.3 Å². The monoisotopic (exact) mass is 263 g/mol. The molecule has 2 rings (SSSR count). The predicted molar refractivity (Wildman–Crippen MR) is 76.8 cm³/mol. The molecule has 5 nitrogen and oxygen atoms in total. The number of anilines is 2. The summed E-state index contributed by atoms with van der Waals surface area (Å²) in [7, 11) is 0. The first kappa shape index (κ1) is 13.7. The highest BCUT2D eigenvalue weighted by molar-refractivity contribution is 5.89. The fourth-order valence-corrected chi connectivity index (χ4v) is 2.01. The lowest BCUT2D eigenvalue weighted by molar-refractivity contribution is 0.122. The van der Waals surface area contributed by atoms with E-state index in [1.54, 1.807) is 0 Å². The topological polar surface area (TPSA) is 53.6 Å². The molecule has 0 spiro atoms. The van der Waals surface area contributed by atoms with Crippen molar-refractivity contribution in [1.82, 2.24) is 5.32 Å². The number of carbonyl (C=O) groups is 1. The van der Waals surface area contributed by atoms with E-state index >= 15 is 0 Å². The largest absolute Gasteiger partial charge is 0.378 e. The fraction of sp³-hybridized carbons (Fsp3) is 0.500. The minimum Gasteiger partial charge on any atom is -0.378 e. The van der Waals surface area contributed by atoms with Crippen molar-refractivity contribution in [2.45, 2.75) is 19.9 Å². The zero-order valence-corrected chi connectivity index (χ0v) is 11.5. The van der Waals surface area contributed by atoms with Crippen LogP contribution in [0.1, 0.15) is 13.8 Å². The van der Waals surface area contributed by atoms with Crippen LogP contribution in [-0.4, -0.2) is 38.4 Å². The highest BCUT2D eigenvalue weighted by Crippen LogP contribution is 2.18. The maximum absolute atomic E-state index is 11.6. The van der Waals surface area contributed by atoms with Crippen LogP contribution in [0.3, 0.4) is 0 Å². The van der Waals surface area contributed by atoms with Gasteiger partial charge in [0.2, 0.25) is 0 Å². The second-order valence-corrected chi connectivity index (χ2v) is 4.90. The summed E-state index contributed by atoms with van der Waals surface area (Å²) in [6, 6.07) is 7.85. The highest BCUT2D eigenvalue weighted by Gasteiger charge is 2.11. The van der Waals surface area contributed by atoms with E-state index in [0.29, 0.717) is 0 Å². The van der Waals surface area contributed by atoms with Crippen LogP contribution in [0.25, 0.3) is 0 Å². The van der Waals surface area contributed by atoms with Crippen molar-refractivity contribution in [2.75, 3.05) is 36.5 Å². The van der Waals surface area contributed by atoms with Crippen LogP contribution in [0, 0.1) is 0 Å². The number of morpholine rings is 1. The summed E-state index contributed by atoms with van der Waals surface area (Å²) in [6.07, 6.45) is 0. The van der Waals surface area contributed by atoms with Gasteiger partial charge in [-0.3, -0.25) is 0 Å². The van der Waals surface area contributed by atoms with Gasteiger partial charge >= 0.3 is 6.03 Å². The molecular weight excluding hydrogens is 242 g/mol. The van der Waals surface area contributed by atoms with Crippen LogP contribution in [0.5, 0.6) is 0 Å². The molecule has 2 N–H and O–H groups in total. The van der Waals surface area contributed by atoms with E-state index in [0.717, 1.165) is 37.7 Å². The molecule has 19 heavy (non-hydrogen) atoms. The summed E-state index contributed by atoms with van der Waals surface area (Å²) >= 11 is 0. The lowest BCUT2D eigenvalue weighted by Crippen LogP contribution is -2.36. The van der Waals surface area contributed by atoms with E-state index in [9.17, 15) is 4.79 Å². The van der Waals surface area contributed by atoms with E-state index in [4.69, 9.17) is 4.74 Å². The SMILES string of the molecule is CC(C)NC(=O)Nc1ccc(N2CCOCC2)cc1. The van der Waals surface area contributed by atoms with E-state index in [2.05, 4.69) is 15.5 Å². The van der Waals surface area contributed by atoms with Crippen LogP contribution in [0.4, 0.5) is 16.2 Å². The van der Waals surface area contributed by atoms with Gasteiger partial charge in [0.25, 0.3) is 0 Å². The Morgan fingerprint density at radius 2 is 1.84 bits per heavy atom. The average molecular weight is 263 g/mol. The van der Waals surface area contributed by atoms with Gasteiger partial charge in [-0.15, -0.1) is 0 Å². The van der Waals surface area contributed by atoms with Gasteiger partial charge in [-0.05, 0) is 38.1 Å². The Hall–Kier alpha value is -1.75. The van der Waals surface area contributed by atoms with Gasteiger partial charge in [-0.2, -0.15) is 0 Å². The molecule has 0 aromatic heterocycles. The van der Waals surface area contributed by atoms with Gasteiger partial charge in [0.1, 0.15) is 0 Å². The Balaban J connectivity index is 1.92. The zero-order chi connectivity index (χ0) is 13.7. The lowest BCUT2D eigenvalue weighted by Gasteiger charge is -2.28. The number of nitrogens with one attached hydrogen (secondary N) is 2. The van der Waals surface area contributed by atoms with Crippen LogP contribution in [0.15, 0.2) is 24.3 Å². The molecule has 1 aromatic rings. The number of carbonyl (C=O) groups excluding carboxylic acids is 1. The van der Waals surface area contributed by atoms with Crippen molar-refractivity contribution in [3.8, 4) is 0 Å². The van der Waals surface area contributed by atoms with Crippen LogP contribution in [-0.2, 0) is 4.74 Å². The van der Waals surface area contributed by atoms with Crippen molar-refractivity contribution >= 4 is 17.4 Å². The molecule has 1 saturated heterocycles. The molecule has 1 heterocycles. The molecule has 1 aromatic carbocycles. The number of amides is 2. The standard InChI is InChI=1S/C14H21N3O2/c1-11(2)15-14(18)16-12-3-5-13(6-4-12)17-7-9-19-10-8-17/h3-6,11H,7-10H2,1-2H3,(H2,15,16,18). The molecule has 0 radical (unpaired) electrons. The highest BCUT2D eigenvalue weighted by atomic mass is 16.5. The van der Waals surface area contributed by atoms with E-state index in [1.165, 1.54) is 0 Å². The van der Waals surface area contributed by atoms with Gasteiger partial charge in [-0.25, -0.2) is 4.79 Å². The van der Waals surface area contributed by atoms with Crippen LogP contribution in [0.2, 0.25) is 0 Å². The summed E-state index contributed by atoms with van der Waals surface area (Å²) in [5.41, 5.74) is 1.97. The minimum absolute atomic E-state index is 0.132. The van der Waals surface area contributed by atoms with Crippen molar-refractivity contribution in [2.24, 2.45) is 0 Å². The molecule has 1 aliphatic rings. The molecule has 5 heteroatoms. The Bertz CT molecular complexity index is 411. The van der Waals surface area contributed by atoms with E-state index in [-0.39, 0.29) is 12.1 Å². The third kappa shape index (κ3) is 4.13. The number of nitrogens with zero attached hydrogens (tertiary/aromatic N) is 1. The van der Waals surface area contributed by atoms with Crippen LogP contribution < -0.4 is 15.5 Å². The Kier molecular flexibility index (Phi) is 4.63. The number of hydrogen-bond acceptors (Lipinski definition) is 3. The quantitative estimate of drug-likeness (QED) is 0.877. The number of benzene rings is 1. The number of rotatable bonds is 3. The fourth-order valence-electron chi connectivity index (χ4n) is 2.01. The van der Waals surface area contributed by atoms with Gasteiger partial charge < -0.3 is 20.3 Å². The Labute approximate surface area is 113 Å². The van der Waals surface area contributed by atoms with Crippen molar-refractivity contribution in [3.63, 3.8) is 0 Å². The number of ether oxygens (including phenoxy) is 1. The number of urea groups is 1. The summed E-state index contributed by atoms with van der Waals surface area (Å²) in [5, 5.41) is 5.60. The smallest absolute Gasteiger partial charge is 0.319 e. The Morgan fingerprint density at radius 1 is 1.21 bits per heavy atom. The average Bonchev–Trinajstić information content (AvgIpc) is 2.39. The first-order valence-corrected chi connectivity index (χ1v) is 6.65. The van der Waals surface area contributed by atoms with Gasteiger partial charge in [0, 0.05) is 30.5 Å². The molecule has 0 bridgehead atoms. The number of hydrogen-bond donors (Lipinski definition) is 2. The Morgan fingerprint density at radius 3 is 2.42 bits per heavy atom. The van der Waals surface area contributed by atoms with Gasteiger partial charge in [-0.1, -0.05) is 0 Å². The molecule has 104 valence electrons. The molecule has 1 aliphatic heterocycles. The lowest BCUT2D eigenvalue weighted by atomic mass is 10.2. The molecule has 2 amide bonds. The first-order chi connectivity index (χ1) is 9.15. The third-order valence-corrected chi connectivity index (χ3v) is 2.92. The first-order valence-electron chi connectivity index (χ1n) is 6.65. The maximum Gasteiger partial charge on any atom is 0.319 e. The van der Waals surface area contributed by atoms with Crippen molar-refractivity contribution < 1.29 is 9.53 Å². The maximum atomic E-state index is 11.6. The molecule has 0 aliphatic carbocycles. The molecule has 1 fully saturated rings.